The average molecular weight is 200 g/mol. The highest BCUT2D eigenvalue weighted by molar-refractivity contribution is 5.77. The number of halogens is 3. The molecule has 1 aromatic rings. The van der Waals surface area contributed by atoms with Gasteiger partial charge in [-0.1, -0.05) is 0 Å². The van der Waals surface area contributed by atoms with Crippen molar-refractivity contribution in [1.82, 2.24) is 4.98 Å². The van der Waals surface area contributed by atoms with E-state index in [-0.39, 0.29) is 6.29 Å². The van der Waals surface area contributed by atoms with Gasteiger partial charge in [-0.25, -0.2) is 13.2 Å². The van der Waals surface area contributed by atoms with E-state index in [2.05, 4.69) is 4.98 Å². The number of nitriles is 1. The third kappa shape index (κ3) is 1.57. The minimum absolute atomic E-state index is 0.0787. The normalized spacial score (nSPS) is 9.93. The van der Waals surface area contributed by atoms with Crippen LogP contribution in [-0.2, 0) is 0 Å². The number of alkyl halides is 2. The van der Waals surface area contributed by atoms with Gasteiger partial charge in [0.25, 0.3) is 6.43 Å². The minimum atomic E-state index is -3.04. The van der Waals surface area contributed by atoms with Gasteiger partial charge in [-0.2, -0.15) is 5.26 Å². The van der Waals surface area contributed by atoms with E-state index in [9.17, 15) is 18.0 Å². The van der Waals surface area contributed by atoms with E-state index in [1.807, 2.05) is 0 Å². The van der Waals surface area contributed by atoms with Gasteiger partial charge in [-0.05, 0) is 0 Å². The lowest BCUT2D eigenvalue weighted by molar-refractivity contribution is 0.109. The summed E-state index contributed by atoms with van der Waals surface area (Å²) in [6, 6.07) is 1.39. The average Bonchev–Trinajstić information content (AvgIpc) is 2.17. The summed E-state index contributed by atoms with van der Waals surface area (Å²) < 4.78 is 37.4. The number of aldehydes is 1. The van der Waals surface area contributed by atoms with E-state index in [1.54, 1.807) is 0 Å². The lowest BCUT2D eigenvalue weighted by Crippen LogP contribution is -2.03. The van der Waals surface area contributed by atoms with Crippen LogP contribution in [0.1, 0.15) is 28.0 Å². The first-order chi connectivity index (χ1) is 6.61. The van der Waals surface area contributed by atoms with E-state index in [0.29, 0.717) is 6.20 Å². The fraction of sp³-hybridized carbons (Fsp3) is 0.125. The predicted octanol–water partition coefficient (Wildman–Crippen LogP) is 1.84. The summed E-state index contributed by atoms with van der Waals surface area (Å²) in [4.78, 5) is 13.4. The van der Waals surface area contributed by atoms with E-state index in [0.717, 1.165) is 0 Å². The van der Waals surface area contributed by atoms with Gasteiger partial charge in [-0.3, -0.25) is 9.78 Å². The Balaban J connectivity index is 3.45. The highest BCUT2D eigenvalue weighted by Gasteiger charge is 2.20. The Morgan fingerprint density at radius 2 is 2.21 bits per heavy atom. The lowest BCUT2D eigenvalue weighted by Gasteiger charge is -2.03. The Bertz CT molecular complexity index is 412. The van der Waals surface area contributed by atoms with Crippen LogP contribution < -0.4 is 0 Å². The van der Waals surface area contributed by atoms with E-state index in [1.165, 1.54) is 6.07 Å². The molecule has 0 unspecified atom stereocenters. The fourth-order valence-corrected chi connectivity index (χ4v) is 0.882. The Kier molecular flexibility index (Phi) is 2.82. The third-order valence-electron chi connectivity index (χ3n) is 1.53. The van der Waals surface area contributed by atoms with E-state index < -0.39 is 29.1 Å². The second-order valence-corrected chi connectivity index (χ2v) is 2.32. The zero-order chi connectivity index (χ0) is 10.7. The highest BCUT2D eigenvalue weighted by atomic mass is 19.3. The number of nitrogens with zero attached hydrogens (tertiary/aromatic N) is 2. The molecule has 0 saturated carbocycles. The van der Waals surface area contributed by atoms with Crippen LogP contribution in [0.4, 0.5) is 13.2 Å². The number of carbonyl (C=O) groups excluding carboxylic acids is 1. The van der Waals surface area contributed by atoms with Crippen molar-refractivity contribution in [2.24, 2.45) is 0 Å². The molecule has 0 aliphatic heterocycles. The second-order valence-electron chi connectivity index (χ2n) is 2.32. The summed E-state index contributed by atoms with van der Waals surface area (Å²) in [5, 5.41) is 8.33. The Labute approximate surface area is 76.8 Å². The molecule has 0 N–H and O–H groups in total. The molecule has 72 valence electrons. The Morgan fingerprint density at radius 3 is 2.64 bits per heavy atom. The number of carbonyl (C=O) groups is 1. The molecule has 1 rings (SSSR count). The van der Waals surface area contributed by atoms with Gasteiger partial charge in [0.15, 0.2) is 12.1 Å². The molecule has 0 atom stereocenters. The number of pyridine rings is 1. The molecule has 0 radical (unpaired) electrons. The van der Waals surface area contributed by atoms with Gasteiger partial charge >= 0.3 is 0 Å². The topological polar surface area (TPSA) is 53.8 Å². The van der Waals surface area contributed by atoms with Crippen LogP contribution >= 0.6 is 0 Å². The van der Waals surface area contributed by atoms with Gasteiger partial charge in [0, 0.05) is 6.20 Å². The summed E-state index contributed by atoms with van der Waals surface area (Å²) in [5.41, 5.74) is -2.34. The quantitative estimate of drug-likeness (QED) is 0.684. The molecule has 1 aromatic heterocycles. The second kappa shape index (κ2) is 3.87. The van der Waals surface area contributed by atoms with Crippen molar-refractivity contribution in [3.05, 3.63) is 28.8 Å². The molecule has 1 heterocycles. The number of rotatable bonds is 2. The smallest absolute Gasteiger partial charge is 0.281 e. The molecular formula is C8H3F3N2O. The first kappa shape index (κ1) is 10.2. The summed E-state index contributed by atoms with van der Waals surface area (Å²) in [6.45, 7) is 0. The molecule has 0 amide bonds. The van der Waals surface area contributed by atoms with Gasteiger partial charge in [0.1, 0.15) is 17.3 Å². The molecule has 0 aliphatic rings. The van der Waals surface area contributed by atoms with Crippen LogP contribution in [-0.4, -0.2) is 11.3 Å². The summed E-state index contributed by atoms with van der Waals surface area (Å²) in [6.07, 6.45) is -2.45. The van der Waals surface area contributed by atoms with Crippen molar-refractivity contribution < 1.29 is 18.0 Å². The van der Waals surface area contributed by atoms with Crippen LogP contribution in [0, 0.1) is 17.1 Å². The molecule has 3 nitrogen and oxygen atoms in total. The Morgan fingerprint density at radius 1 is 1.57 bits per heavy atom. The summed E-state index contributed by atoms with van der Waals surface area (Å²) >= 11 is 0. The van der Waals surface area contributed by atoms with E-state index >= 15 is 0 Å². The summed E-state index contributed by atoms with van der Waals surface area (Å²) in [5.74, 6) is -1.26. The van der Waals surface area contributed by atoms with Crippen molar-refractivity contribution in [1.29, 1.82) is 5.26 Å². The van der Waals surface area contributed by atoms with Crippen molar-refractivity contribution in [3.63, 3.8) is 0 Å². The standard InChI is InChI=1S/C8H3F3N2O/c9-6-4(1-12)2-13-7(8(10)11)5(6)3-14/h2-3,8H. The Hall–Kier alpha value is -1.90. The zero-order valence-corrected chi connectivity index (χ0v) is 6.67. The molecule has 0 spiro atoms. The number of hydrogen-bond acceptors (Lipinski definition) is 3. The van der Waals surface area contributed by atoms with Crippen molar-refractivity contribution >= 4 is 6.29 Å². The van der Waals surface area contributed by atoms with Crippen molar-refractivity contribution in [2.45, 2.75) is 6.43 Å². The highest BCUT2D eigenvalue weighted by Crippen LogP contribution is 2.22. The lowest BCUT2D eigenvalue weighted by atomic mass is 10.1. The maximum absolute atomic E-state index is 13.1. The van der Waals surface area contributed by atoms with Gasteiger partial charge in [0.2, 0.25) is 0 Å². The molecule has 0 aliphatic carbocycles. The molecule has 0 aromatic carbocycles. The van der Waals surface area contributed by atoms with Gasteiger partial charge in [0.05, 0.1) is 5.56 Å². The predicted molar refractivity (Wildman–Crippen MR) is 39.3 cm³/mol. The molecule has 14 heavy (non-hydrogen) atoms. The van der Waals surface area contributed by atoms with Crippen LogP contribution in [0.15, 0.2) is 6.20 Å². The molecule has 0 fully saturated rings. The van der Waals surface area contributed by atoms with Crippen LogP contribution in [0.5, 0.6) is 0 Å². The van der Waals surface area contributed by atoms with E-state index in [4.69, 9.17) is 5.26 Å². The molecule has 0 saturated heterocycles. The van der Waals surface area contributed by atoms with Gasteiger partial charge in [-0.15, -0.1) is 0 Å². The van der Waals surface area contributed by atoms with Crippen molar-refractivity contribution in [3.8, 4) is 6.07 Å². The largest absolute Gasteiger partial charge is 0.298 e. The molecule has 0 bridgehead atoms. The minimum Gasteiger partial charge on any atom is -0.298 e. The maximum atomic E-state index is 13.1. The van der Waals surface area contributed by atoms with Crippen LogP contribution in [0.3, 0.4) is 0 Å². The maximum Gasteiger partial charge on any atom is 0.281 e. The number of aromatic nitrogens is 1. The first-order valence-electron chi connectivity index (χ1n) is 3.43. The van der Waals surface area contributed by atoms with Crippen LogP contribution in [0.2, 0.25) is 0 Å². The molecule has 6 heteroatoms. The molecular weight excluding hydrogens is 197 g/mol. The number of hydrogen-bond donors (Lipinski definition) is 0. The van der Waals surface area contributed by atoms with Crippen LogP contribution in [0.25, 0.3) is 0 Å². The van der Waals surface area contributed by atoms with Crippen molar-refractivity contribution in [2.75, 3.05) is 0 Å². The monoisotopic (exact) mass is 200 g/mol. The SMILES string of the molecule is N#Cc1cnc(C(F)F)c(C=O)c1F. The fourth-order valence-electron chi connectivity index (χ4n) is 0.882. The summed E-state index contributed by atoms with van der Waals surface area (Å²) in [7, 11) is 0. The first-order valence-corrected chi connectivity index (χ1v) is 3.43. The van der Waals surface area contributed by atoms with Gasteiger partial charge < -0.3 is 0 Å². The third-order valence-corrected chi connectivity index (χ3v) is 1.53. The zero-order valence-electron chi connectivity index (χ0n) is 6.67.